The molecule has 0 heterocycles. The largest absolute Gasteiger partial charge is 0.377 e. The number of rotatable bonds is 7. The van der Waals surface area contributed by atoms with Crippen LogP contribution < -0.4 is 5.32 Å². The van der Waals surface area contributed by atoms with Crippen LogP contribution in [0.4, 0.5) is 0 Å². The van der Waals surface area contributed by atoms with E-state index in [1.807, 2.05) is 0 Å². The lowest BCUT2D eigenvalue weighted by Crippen LogP contribution is -2.44. The topological polar surface area (TPSA) is 21.3 Å². The van der Waals surface area contributed by atoms with Crippen molar-refractivity contribution in [2.45, 2.75) is 70.9 Å². The van der Waals surface area contributed by atoms with Gasteiger partial charge in [0.05, 0.1) is 6.10 Å². The minimum atomic E-state index is 0.483. The van der Waals surface area contributed by atoms with E-state index in [1.54, 1.807) is 0 Å². The van der Waals surface area contributed by atoms with E-state index in [4.69, 9.17) is 4.74 Å². The first-order valence-corrected chi connectivity index (χ1v) is 6.73. The smallest absolute Gasteiger partial charge is 0.0728 e. The van der Waals surface area contributed by atoms with Crippen LogP contribution in [-0.2, 0) is 4.74 Å². The second-order valence-corrected chi connectivity index (χ2v) is 4.61. The van der Waals surface area contributed by atoms with Crippen LogP contribution in [-0.4, -0.2) is 25.3 Å². The average molecular weight is 213 g/mol. The van der Waals surface area contributed by atoms with Crippen LogP contribution in [0.15, 0.2) is 0 Å². The first kappa shape index (κ1) is 13.0. The van der Waals surface area contributed by atoms with Gasteiger partial charge in [-0.15, -0.1) is 0 Å². The molecule has 0 radical (unpaired) electrons. The molecule has 2 nitrogen and oxygen atoms in total. The molecular weight excluding hydrogens is 186 g/mol. The molecule has 2 atom stereocenters. The van der Waals surface area contributed by atoms with Gasteiger partial charge in [0.25, 0.3) is 0 Å². The fourth-order valence-corrected chi connectivity index (χ4v) is 2.24. The summed E-state index contributed by atoms with van der Waals surface area (Å²) >= 11 is 0. The number of hydrogen-bond donors (Lipinski definition) is 1. The summed E-state index contributed by atoms with van der Waals surface area (Å²) < 4.78 is 5.97. The molecule has 1 fully saturated rings. The first-order chi connectivity index (χ1) is 7.38. The first-order valence-electron chi connectivity index (χ1n) is 6.73. The van der Waals surface area contributed by atoms with Gasteiger partial charge in [-0.1, -0.05) is 33.1 Å². The summed E-state index contributed by atoms with van der Waals surface area (Å²) in [6.07, 6.45) is 9.42. The number of unbranched alkanes of at least 4 members (excludes halogenated alkanes) is 1. The third-order valence-electron chi connectivity index (χ3n) is 3.19. The van der Waals surface area contributed by atoms with Crippen molar-refractivity contribution in [2.75, 3.05) is 13.2 Å². The lowest BCUT2D eigenvalue weighted by atomic mass is 9.92. The quantitative estimate of drug-likeness (QED) is 0.656. The van der Waals surface area contributed by atoms with E-state index >= 15 is 0 Å². The van der Waals surface area contributed by atoms with Crippen LogP contribution in [0.1, 0.15) is 58.8 Å². The average Bonchev–Trinajstić information content (AvgIpc) is 2.28. The molecule has 0 aromatic rings. The fraction of sp³-hybridized carbons (Fsp3) is 1.00. The van der Waals surface area contributed by atoms with Gasteiger partial charge in [-0.3, -0.25) is 0 Å². The molecule has 1 N–H and O–H groups in total. The van der Waals surface area contributed by atoms with Gasteiger partial charge in [-0.2, -0.15) is 0 Å². The predicted octanol–water partition coefficient (Wildman–Crippen LogP) is 3.11. The van der Waals surface area contributed by atoms with Gasteiger partial charge in [-0.25, -0.2) is 0 Å². The summed E-state index contributed by atoms with van der Waals surface area (Å²) in [5.74, 6) is 0. The Morgan fingerprint density at radius 1 is 1.13 bits per heavy atom. The third-order valence-corrected chi connectivity index (χ3v) is 3.19. The summed E-state index contributed by atoms with van der Waals surface area (Å²) in [4.78, 5) is 0. The van der Waals surface area contributed by atoms with Crippen LogP contribution in [0.25, 0.3) is 0 Å². The second kappa shape index (κ2) is 8.12. The Morgan fingerprint density at radius 2 is 1.93 bits per heavy atom. The molecule has 15 heavy (non-hydrogen) atoms. The van der Waals surface area contributed by atoms with Crippen LogP contribution >= 0.6 is 0 Å². The molecular formula is C13H27NO. The summed E-state index contributed by atoms with van der Waals surface area (Å²) in [5.41, 5.74) is 0. The minimum Gasteiger partial charge on any atom is -0.377 e. The molecule has 0 saturated heterocycles. The van der Waals surface area contributed by atoms with E-state index in [0.717, 1.165) is 13.2 Å². The lowest BCUT2D eigenvalue weighted by molar-refractivity contribution is 0.00402. The highest BCUT2D eigenvalue weighted by Crippen LogP contribution is 2.21. The van der Waals surface area contributed by atoms with E-state index in [9.17, 15) is 0 Å². The molecule has 0 spiro atoms. The molecule has 0 aromatic heterocycles. The van der Waals surface area contributed by atoms with E-state index in [-0.39, 0.29) is 0 Å². The number of nitrogens with one attached hydrogen (secondary N) is 1. The predicted molar refractivity (Wildman–Crippen MR) is 65.2 cm³/mol. The molecule has 0 aromatic carbocycles. The molecule has 1 aliphatic carbocycles. The van der Waals surface area contributed by atoms with Gasteiger partial charge in [0.2, 0.25) is 0 Å². The number of hydrogen-bond acceptors (Lipinski definition) is 2. The molecule has 2 heteroatoms. The van der Waals surface area contributed by atoms with Crippen LogP contribution in [0.2, 0.25) is 0 Å². The molecule has 1 aliphatic rings. The summed E-state index contributed by atoms with van der Waals surface area (Å²) in [7, 11) is 0. The summed E-state index contributed by atoms with van der Waals surface area (Å²) in [5, 5.41) is 3.62. The van der Waals surface area contributed by atoms with Crippen molar-refractivity contribution in [1.29, 1.82) is 0 Å². The van der Waals surface area contributed by atoms with E-state index < -0.39 is 0 Å². The van der Waals surface area contributed by atoms with Crippen LogP contribution in [0.5, 0.6) is 0 Å². The Morgan fingerprint density at radius 3 is 2.67 bits per heavy atom. The zero-order valence-electron chi connectivity index (χ0n) is 10.4. The second-order valence-electron chi connectivity index (χ2n) is 4.61. The zero-order chi connectivity index (χ0) is 10.9. The van der Waals surface area contributed by atoms with Gasteiger partial charge in [-0.05, 0) is 32.2 Å². The molecule has 0 bridgehead atoms. The maximum atomic E-state index is 5.97. The van der Waals surface area contributed by atoms with Crippen molar-refractivity contribution >= 4 is 0 Å². The molecule has 0 aliphatic heterocycles. The van der Waals surface area contributed by atoms with Crippen LogP contribution in [0, 0.1) is 0 Å². The summed E-state index contributed by atoms with van der Waals surface area (Å²) in [6, 6.07) is 0.621. The van der Waals surface area contributed by atoms with Crippen molar-refractivity contribution in [3.8, 4) is 0 Å². The highest BCUT2D eigenvalue weighted by Gasteiger charge is 2.24. The van der Waals surface area contributed by atoms with Crippen molar-refractivity contribution in [2.24, 2.45) is 0 Å². The van der Waals surface area contributed by atoms with Crippen molar-refractivity contribution in [3.05, 3.63) is 0 Å². The Hall–Kier alpha value is -0.0800. The molecule has 2 unspecified atom stereocenters. The highest BCUT2D eigenvalue weighted by atomic mass is 16.5. The molecule has 0 amide bonds. The van der Waals surface area contributed by atoms with Gasteiger partial charge in [0, 0.05) is 12.6 Å². The Labute approximate surface area is 94.8 Å². The molecule has 1 rings (SSSR count). The molecule has 90 valence electrons. The maximum Gasteiger partial charge on any atom is 0.0728 e. The number of ether oxygens (including phenoxy) is 1. The van der Waals surface area contributed by atoms with Crippen molar-refractivity contribution in [3.63, 3.8) is 0 Å². The van der Waals surface area contributed by atoms with E-state index in [2.05, 4.69) is 19.2 Å². The third kappa shape index (κ3) is 4.98. The van der Waals surface area contributed by atoms with E-state index in [0.29, 0.717) is 12.1 Å². The van der Waals surface area contributed by atoms with Gasteiger partial charge in [0.1, 0.15) is 0 Å². The maximum absolute atomic E-state index is 5.97. The Bertz CT molecular complexity index is 149. The van der Waals surface area contributed by atoms with Crippen molar-refractivity contribution < 1.29 is 4.74 Å². The highest BCUT2D eigenvalue weighted by molar-refractivity contribution is 4.81. The van der Waals surface area contributed by atoms with Gasteiger partial charge < -0.3 is 10.1 Å². The SMILES string of the molecule is CCCCOC1CCCCC1NCCC. The standard InChI is InChI=1S/C13H27NO/c1-3-5-11-15-13-9-7-6-8-12(13)14-10-4-2/h12-14H,3-11H2,1-2H3. The normalized spacial score (nSPS) is 26.8. The fourth-order valence-electron chi connectivity index (χ4n) is 2.24. The Kier molecular flexibility index (Phi) is 7.03. The Balaban J connectivity index is 2.22. The zero-order valence-corrected chi connectivity index (χ0v) is 10.4. The monoisotopic (exact) mass is 213 g/mol. The lowest BCUT2D eigenvalue weighted by Gasteiger charge is -2.32. The summed E-state index contributed by atoms with van der Waals surface area (Å²) in [6.45, 7) is 6.53. The van der Waals surface area contributed by atoms with Gasteiger partial charge in [0.15, 0.2) is 0 Å². The van der Waals surface area contributed by atoms with Gasteiger partial charge >= 0.3 is 0 Å². The van der Waals surface area contributed by atoms with Crippen LogP contribution in [0.3, 0.4) is 0 Å². The molecule has 1 saturated carbocycles. The van der Waals surface area contributed by atoms with E-state index in [1.165, 1.54) is 44.9 Å². The van der Waals surface area contributed by atoms with Crippen molar-refractivity contribution in [1.82, 2.24) is 5.32 Å². The minimum absolute atomic E-state index is 0.483.